The highest BCUT2D eigenvalue weighted by molar-refractivity contribution is 5.87. The maximum absolute atomic E-state index is 6.21. The number of benzene rings is 1. The van der Waals surface area contributed by atoms with E-state index in [0.717, 1.165) is 29.0 Å². The molecule has 0 aliphatic heterocycles. The molecule has 0 spiro atoms. The lowest BCUT2D eigenvalue weighted by molar-refractivity contribution is 0.756. The van der Waals surface area contributed by atoms with E-state index >= 15 is 0 Å². The quantitative estimate of drug-likeness (QED) is 0.644. The summed E-state index contributed by atoms with van der Waals surface area (Å²) in [6, 6.07) is 9.85. The number of nitrogens with zero attached hydrogens (tertiary/aromatic N) is 4. The van der Waals surface area contributed by atoms with Gasteiger partial charge >= 0.3 is 0 Å². The maximum Gasteiger partial charge on any atom is 0.226 e. The van der Waals surface area contributed by atoms with E-state index in [9.17, 15) is 0 Å². The van der Waals surface area contributed by atoms with Crippen LogP contribution in [0.4, 0.5) is 11.8 Å². The number of hydrogen-bond acceptors (Lipinski definition) is 6. The molecule has 2 aromatic heterocycles. The van der Waals surface area contributed by atoms with Crippen LogP contribution in [0.5, 0.6) is 0 Å². The fraction of sp³-hybridized carbons (Fsp3) is 0.312. The minimum Gasteiger partial charge on any atom is -0.370 e. The van der Waals surface area contributed by atoms with Crippen molar-refractivity contribution < 1.29 is 0 Å². The van der Waals surface area contributed by atoms with Crippen LogP contribution in [0.15, 0.2) is 36.5 Å². The second kappa shape index (κ2) is 6.62. The van der Waals surface area contributed by atoms with Crippen LogP contribution in [0.25, 0.3) is 11.0 Å². The van der Waals surface area contributed by atoms with Crippen LogP contribution in [0.2, 0.25) is 0 Å². The van der Waals surface area contributed by atoms with Gasteiger partial charge in [0.15, 0.2) is 5.65 Å². The standard InChI is InChI=1S/C16H21N7/c1-3-18-14-12-9-20-23(2)15(12)22-16(21-14)19-10-13(17)11-7-5-4-6-8-11/h4-9,13H,3,10,17H2,1-2H3,(H2,18,19,21,22). The second-order valence-corrected chi connectivity index (χ2v) is 5.33. The number of hydrogen-bond donors (Lipinski definition) is 3. The summed E-state index contributed by atoms with van der Waals surface area (Å²) in [5.74, 6) is 1.32. The van der Waals surface area contributed by atoms with Gasteiger partial charge in [-0.2, -0.15) is 15.1 Å². The van der Waals surface area contributed by atoms with Gasteiger partial charge in [-0.3, -0.25) is 4.68 Å². The largest absolute Gasteiger partial charge is 0.370 e. The maximum atomic E-state index is 6.21. The van der Waals surface area contributed by atoms with Gasteiger partial charge in [-0.05, 0) is 12.5 Å². The Hall–Kier alpha value is -2.67. The predicted molar refractivity (Wildman–Crippen MR) is 92.3 cm³/mol. The molecule has 3 aromatic rings. The Kier molecular flexibility index (Phi) is 4.38. The van der Waals surface area contributed by atoms with E-state index in [1.165, 1.54) is 0 Å². The first-order chi connectivity index (χ1) is 11.2. The average molecular weight is 311 g/mol. The predicted octanol–water partition coefficient (Wildman–Crippen LogP) is 1.91. The highest BCUT2D eigenvalue weighted by Gasteiger charge is 2.12. The van der Waals surface area contributed by atoms with E-state index in [2.05, 4.69) is 25.7 Å². The van der Waals surface area contributed by atoms with E-state index in [0.29, 0.717) is 12.5 Å². The van der Waals surface area contributed by atoms with Gasteiger partial charge in [0.05, 0.1) is 11.6 Å². The van der Waals surface area contributed by atoms with Crippen molar-refractivity contribution in [1.82, 2.24) is 19.7 Å². The van der Waals surface area contributed by atoms with E-state index in [1.54, 1.807) is 10.9 Å². The van der Waals surface area contributed by atoms with E-state index in [-0.39, 0.29) is 6.04 Å². The van der Waals surface area contributed by atoms with E-state index in [4.69, 9.17) is 5.73 Å². The number of aryl methyl sites for hydroxylation is 1. The van der Waals surface area contributed by atoms with Crippen molar-refractivity contribution in [2.24, 2.45) is 12.8 Å². The van der Waals surface area contributed by atoms with Gasteiger partial charge in [0.1, 0.15) is 5.82 Å². The Morgan fingerprint density at radius 3 is 2.70 bits per heavy atom. The molecule has 0 aliphatic rings. The molecule has 0 bridgehead atoms. The Labute approximate surface area is 134 Å². The van der Waals surface area contributed by atoms with Crippen molar-refractivity contribution in [3.63, 3.8) is 0 Å². The fourth-order valence-electron chi connectivity index (χ4n) is 2.42. The molecule has 23 heavy (non-hydrogen) atoms. The molecule has 120 valence electrons. The summed E-state index contributed by atoms with van der Waals surface area (Å²) in [7, 11) is 1.87. The molecule has 0 amide bonds. The first-order valence-corrected chi connectivity index (χ1v) is 7.67. The molecule has 0 saturated carbocycles. The lowest BCUT2D eigenvalue weighted by Gasteiger charge is -2.14. The van der Waals surface area contributed by atoms with Crippen LogP contribution in [0.1, 0.15) is 18.5 Å². The first-order valence-electron chi connectivity index (χ1n) is 7.67. The third-order valence-electron chi connectivity index (χ3n) is 3.64. The summed E-state index contributed by atoms with van der Waals surface area (Å²) >= 11 is 0. The number of anilines is 2. The third-order valence-corrected chi connectivity index (χ3v) is 3.64. The molecule has 0 saturated heterocycles. The van der Waals surface area contributed by atoms with E-state index < -0.39 is 0 Å². The highest BCUT2D eigenvalue weighted by atomic mass is 15.3. The Morgan fingerprint density at radius 1 is 1.17 bits per heavy atom. The van der Waals surface area contributed by atoms with Crippen molar-refractivity contribution in [2.75, 3.05) is 23.7 Å². The Balaban J connectivity index is 1.81. The summed E-state index contributed by atoms with van der Waals surface area (Å²) in [6.07, 6.45) is 1.77. The van der Waals surface area contributed by atoms with Gasteiger partial charge in [-0.25, -0.2) is 0 Å². The molecular weight excluding hydrogens is 290 g/mol. The summed E-state index contributed by atoms with van der Waals surface area (Å²) < 4.78 is 1.74. The number of nitrogens with one attached hydrogen (secondary N) is 2. The zero-order valence-electron chi connectivity index (χ0n) is 13.3. The lowest BCUT2D eigenvalue weighted by Crippen LogP contribution is -2.21. The zero-order chi connectivity index (χ0) is 16.2. The van der Waals surface area contributed by atoms with Crippen LogP contribution in [0.3, 0.4) is 0 Å². The fourth-order valence-corrected chi connectivity index (χ4v) is 2.42. The van der Waals surface area contributed by atoms with Gasteiger partial charge in [0.25, 0.3) is 0 Å². The average Bonchev–Trinajstić information content (AvgIpc) is 2.95. The highest BCUT2D eigenvalue weighted by Crippen LogP contribution is 2.21. The van der Waals surface area contributed by atoms with Crippen LogP contribution in [0, 0.1) is 0 Å². The second-order valence-electron chi connectivity index (χ2n) is 5.33. The van der Waals surface area contributed by atoms with Crippen LogP contribution in [-0.2, 0) is 7.05 Å². The van der Waals surface area contributed by atoms with Crippen LogP contribution >= 0.6 is 0 Å². The van der Waals surface area contributed by atoms with Gasteiger partial charge in [0.2, 0.25) is 5.95 Å². The topological polar surface area (TPSA) is 93.7 Å². The SMILES string of the molecule is CCNc1nc(NCC(N)c2ccccc2)nc2c1cnn2C. The normalized spacial score (nSPS) is 12.3. The van der Waals surface area contributed by atoms with Crippen molar-refractivity contribution in [1.29, 1.82) is 0 Å². The molecule has 1 unspecified atom stereocenters. The zero-order valence-corrected chi connectivity index (χ0v) is 13.3. The molecule has 7 heteroatoms. The Bertz CT molecular complexity index is 782. The van der Waals surface area contributed by atoms with Crippen LogP contribution in [-0.4, -0.2) is 32.8 Å². The molecule has 7 nitrogen and oxygen atoms in total. The lowest BCUT2D eigenvalue weighted by atomic mass is 10.1. The van der Waals surface area contributed by atoms with Gasteiger partial charge < -0.3 is 16.4 Å². The summed E-state index contributed by atoms with van der Waals surface area (Å²) in [6.45, 7) is 3.37. The molecule has 1 atom stereocenters. The minimum absolute atomic E-state index is 0.121. The van der Waals surface area contributed by atoms with E-state index in [1.807, 2.05) is 44.3 Å². The summed E-state index contributed by atoms with van der Waals surface area (Å²) in [5.41, 5.74) is 8.07. The Morgan fingerprint density at radius 2 is 1.96 bits per heavy atom. The summed E-state index contributed by atoms with van der Waals surface area (Å²) in [5, 5.41) is 11.6. The number of fused-ring (bicyclic) bond motifs is 1. The molecule has 0 radical (unpaired) electrons. The van der Waals surface area contributed by atoms with Gasteiger partial charge in [0, 0.05) is 26.2 Å². The molecular formula is C16H21N7. The molecule has 1 aromatic carbocycles. The molecule has 3 rings (SSSR count). The molecule has 0 fully saturated rings. The van der Waals surface area contributed by atoms with Gasteiger partial charge in [-0.15, -0.1) is 0 Å². The smallest absolute Gasteiger partial charge is 0.226 e. The van der Waals surface area contributed by atoms with Crippen molar-refractivity contribution in [2.45, 2.75) is 13.0 Å². The van der Waals surface area contributed by atoms with Crippen molar-refractivity contribution >= 4 is 22.8 Å². The molecule has 2 heterocycles. The number of rotatable bonds is 6. The number of nitrogens with two attached hydrogens (primary N) is 1. The van der Waals surface area contributed by atoms with Crippen molar-refractivity contribution in [3.8, 4) is 0 Å². The van der Waals surface area contributed by atoms with Crippen molar-refractivity contribution in [3.05, 3.63) is 42.1 Å². The monoisotopic (exact) mass is 311 g/mol. The first kappa shape index (κ1) is 15.2. The third kappa shape index (κ3) is 3.24. The van der Waals surface area contributed by atoms with Crippen LogP contribution < -0.4 is 16.4 Å². The summed E-state index contributed by atoms with van der Waals surface area (Å²) in [4.78, 5) is 9.05. The minimum atomic E-state index is -0.121. The molecule has 4 N–H and O–H groups in total. The number of aromatic nitrogens is 4. The van der Waals surface area contributed by atoms with Gasteiger partial charge in [-0.1, -0.05) is 30.3 Å². The molecule has 0 aliphatic carbocycles.